The highest BCUT2D eigenvalue weighted by Crippen LogP contribution is 2.37. The molecule has 6 nitrogen and oxygen atoms in total. The Hall–Kier alpha value is -2.31. The molecule has 27 heavy (non-hydrogen) atoms. The van der Waals surface area contributed by atoms with Gasteiger partial charge in [0.25, 0.3) is 0 Å². The Bertz CT molecular complexity index is 725. The topological polar surface area (TPSA) is 81.7 Å². The van der Waals surface area contributed by atoms with Crippen molar-refractivity contribution in [2.75, 3.05) is 13.6 Å². The van der Waals surface area contributed by atoms with E-state index in [2.05, 4.69) is 5.32 Å². The summed E-state index contributed by atoms with van der Waals surface area (Å²) in [7, 11) is 6.66. The minimum absolute atomic E-state index is 0.0743. The van der Waals surface area contributed by atoms with Crippen molar-refractivity contribution in [3.05, 3.63) is 35.4 Å². The van der Waals surface area contributed by atoms with E-state index in [0.29, 0.717) is 11.1 Å². The maximum absolute atomic E-state index is 12.7. The van der Waals surface area contributed by atoms with Crippen LogP contribution < -0.4 is 5.32 Å². The van der Waals surface area contributed by atoms with Gasteiger partial charge in [0, 0.05) is 0 Å². The van der Waals surface area contributed by atoms with Crippen LogP contribution in [-0.4, -0.2) is 39.2 Å². The van der Waals surface area contributed by atoms with Gasteiger partial charge in [-0.2, -0.15) is 0 Å². The summed E-state index contributed by atoms with van der Waals surface area (Å²) in [6.07, 6.45) is -0.0743. The molecule has 1 aromatic rings. The standard InChI is InChI=1S/C20H28BNO5/c1-18(2,16(24)26-7)13-10-8-9-11-14(13)20(5,6)27-17(25)19(3,4)15(23)22-12-21/h8-11H,12H2,1-7H3,(H,22,23). The van der Waals surface area contributed by atoms with Crippen LogP contribution in [0.4, 0.5) is 0 Å². The van der Waals surface area contributed by atoms with Crippen LogP contribution in [0.3, 0.4) is 0 Å². The quantitative estimate of drug-likeness (QED) is 0.450. The van der Waals surface area contributed by atoms with Crippen LogP contribution in [0.25, 0.3) is 0 Å². The highest BCUT2D eigenvalue weighted by atomic mass is 16.6. The lowest BCUT2D eigenvalue weighted by atomic mass is 9.77. The molecule has 0 saturated carbocycles. The summed E-state index contributed by atoms with van der Waals surface area (Å²) in [5.41, 5.74) is -2.10. The largest absolute Gasteiger partial charge is 0.468 e. The molecule has 2 radical (unpaired) electrons. The number of methoxy groups -OCH3 is 1. The molecule has 0 aliphatic carbocycles. The van der Waals surface area contributed by atoms with Crippen LogP contribution in [0.5, 0.6) is 0 Å². The molecule has 1 amide bonds. The molecule has 7 heteroatoms. The summed E-state index contributed by atoms with van der Waals surface area (Å²) in [6.45, 7) is 9.87. The lowest BCUT2D eigenvalue weighted by Crippen LogP contribution is -2.46. The molecule has 0 saturated heterocycles. The molecule has 0 aliphatic rings. The van der Waals surface area contributed by atoms with Gasteiger partial charge in [-0.15, -0.1) is 0 Å². The normalized spacial score (nSPS) is 12.3. The van der Waals surface area contributed by atoms with Crippen molar-refractivity contribution in [3.63, 3.8) is 0 Å². The summed E-state index contributed by atoms with van der Waals surface area (Å²) in [5.74, 6) is -1.61. The number of hydrogen-bond acceptors (Lipinski definition) is 5. The van der Waals surface area contributed by atoms with Crippen LogP contribution in [0.1, 0.15) is 52.7 Å². The van der Waals surface area contributed by atoms with Crippen LogP contribution in [0.2, 0.25) is 0 Å². The van der Waals surface area contributed by atoms with Gasteiger partial charge in [-0.1, -0.05) is 24.3 Å². The summed E-state index contributed by atoms with van der Waals surface area (Å²) in [5, 5.41) is 2.43. The van der Waals surface area contributed by atoms with Crippen molar-refractivity contribution in [1.29, 1.82) is 0 Å². The third-order valence-electron chi connectivity index (χ3n) is 4.63. The zero-order chi connectivity index (χ0) is 21.0. The Morgan fingerprint density at radius 3 is 1.96 bits per heavy atom. The molecule has 1 N–H and O–H groups in total. The Labute approximate surface area is 162 Å². The first-order valence-corrected chi connectivity index (χ1v) is 8.72. The Morgan fingerprint density at radius 1 is 0.963 bits per heavy atom. The molecule has 1 rings (SSSR count). The fourth-order valence-electron chi connectivity index (χ4n) is 2.74. The van der Waals surface area contributed by atoms with Gasteiger partial charge in [0.2, 0.25) is 5.91 Å². The van der Waals surface area contributed by atoms with Crippen molar-refractivity contribution in [2.45, 2.75) is 52.6 Å². The predicted molar refractivity (Wildman–Crippen MR) is 103 cm³/mol. The predicted octanol–water partition coefficient (Wildman–Crippen LogP) is 2.18. The lowest BCUT2D eigenvalue weighted by molar-refractivity contribution is -0.171. The number of nitrogens with one attached hydrogen (secondary N) is 1. The fourth-order valence-corrected chi connectivity index (χ4v) is 2.74. The number of hydrogen-bond donors (Lipinski definition) is 1. The maximum atomic E-state index is 12.7. The third-order valence-corrected chi connectivity index (χ3v) is 4.63. The lowest BCUT2D eigenvalue weighted by Gasteiger charge is -2.34. The maximum Gasteiger partial charge on any atom is 0.321 e. The van der Waals surface area contributed by atoms with Crippen molar-refractivity contribution in [3.8, 4) is 0 Å². The van der Waals surface area contributed by atoms with E-state index in [-0.39, 0.29) is 6.44 Å². The smallest absolute Gasteiger partial charge is 0.321 e. The van der Waals surface area contributed by atoms with E-state index in [1.54, 1.807) is 52.0 Å². The average molecular weight is 373 g/mol. The molecule has 0 fully saturated rings. The summed E-state index contributed by atoms with van der Waals surface area (Å²) in [4.78, 5) is 37.1. The number of ether oxygens (including phenoxy) is 2. The zero-order valence-electron chi connectivity index (χ0n) is 17.1. The van der Waals surface area contributed by atoms with E-state index >= 15 is 0 Å². The molecular weight excluding hydrogens is 345 g/mol. The number of carbonyl (C=O) groups is 3. The second kappa shape index (κ2) is 8.15. The van der Waals surface area contributed by atoms with E-state index in [1.807, 2.05) is 0 Å². The molecule has 1 aromatic carbocycles. The summed E-state index contributed by atoms with van der Waals surface area (Å²) in [6, 6.07) is 7.20. The third kappa shape index (κ3) is 4.70. The second-order valence-electron chi connectivity index (χ2n) is 7.90. The molecule has 0 atom stereocenters. The van der Waals surface area contributed by atoms with Gasteiger partial charge < -0.3 is 14.8 Å². The van der Waals surface area contributed by atoms with E-state index in [4.69, 9.17) is 17.3 Å². The van der Waals surface area contributed by atoms with Crippen LogP contribution in [0.15, 0.2) is 24.3 Å². The van der Waals surface area contributed by atoms with Crippen LogP contribution in [-0.2, 0) is 34.9 Å². The van der Waals surface area contributed by atoms with Gasteiger partial charge in [-0.3, -0.25) is 14.4 Å². The second-order valence-corrected chi connectivity index (χ2v) is 7.90. The van der Waals surface area contributed by atoms with Gasteiger partial charge in [-0.25, -0.2) is 0 Å². The molecule has 146 valence electrons. The van der Waals surface area contributed by atoms with Crippen molar-refractivity contribution in [2.24, 2.45) is 5.41 Å². The van der Waals surface area contributed by atoms with Gasteiger partial charge in [-0.05, 0) is 59.1 Å². The molecular formula is C20H28BNO5. The number of rotatable bonds is 7. The first-order chi connectivity index (χ1) is 12.3. The van der Waals surface area contributed by atoms with E-state index in [1.165, 1.54) is 21.0 Å². The highest BCUT2D eigenvalue weighted by Gasteiger charge is 2.43. The van der Waals surface area contributed by atoms with Crippen molar-refractivity contribution in [1.82, 2.24) is 5.32 Å². The van der Waals surface area contributed by atoms with Crippen LogP contribution >= 0.6 is 0 Å². The number of benzene rings is 1. The number of carbonyl (C=O) groups excluding carboxylic acids is 3. The molecule has 0 heterocycles. The fraction of sp³-hybridized carbons (Fsp3) is 0.550. The SMILES string of the molecule is [B]CNC(=O)C(C)(C)C(=O)OC(C)(C)c1ccccc1C(C)(C)C(=O)OC. The number of amides is 1. The molecule has 0 bridgehead atoms. The van der Waals surface area contributed by atoms with Gasteiger partial charge in [0.1, 0.15) is 11.0 Å². The Balaban J connectivity index is 3.28. The first-order valence-electron chi connectivity index (χ1n) is 8.72. The van der Waals surface area contributed by atoms with Crippen molar-refractivity contribution < 1.29 is 23.9 Å². The van der Waals surface area contributed by atoms with Gasteiger partial charge in [0.05, 0.1) is 20.4 Å². The summed E-state index contributed by atoms with van der Waals surface area (Å²) >= 11 is 0. The van der Waals surface area contributed by atoms with E-state index in [9.17, 15) is 14.4 Å². The van der Waals surface area contributed by atoms with Crippen molar-refractivity contribution >= 4 is 25.7 Å². The number of esters is 2. The average Bonchev–Trinajstić information content (AvgIpc) is 2.60. The van der Waals surface area contributed by atoms with Gasteiger partial charge >= 0.3 is 11.9 Å². The zero-order valence-corrected chi connectivity index (χ0v) is 17.1. The first kappa shape index (κ1) is 22.7. The highest BCUT2D eigenvalue weighted by molar-refractivity contribution is 6.11. The summed E-state index contributed by atoms with van der Waals surface area (Å²) < 4.78 is 10.6. The molecule has 0 aromatic heterocycles. The minimum atomic E-state index is -1.41. The van der Waals surface area contributed by atoms with Gasteiger partial charge in [0.15, 0.2) is 0 Å². The van der Waals surface area contributed by atoms with E-state index < -0.39 is 34.3 Å². The monoisotopic (exact) mass is 373 g/mol. The molecule has 0 unspecified atom stereocenters. The van der Waals surface area contributed by atoms with Crippen LogP contribution in [0, 0.1) is 5.41 Å². The molecule has 0 spiro atoms. The Morgan fingerprint density at radius 2 is 1.48 bits per heavy atom. The van der Waals surface area contributed by atoms with E-state index in [0.717, 1.165) is 0 Å². The molecule has 0 aliphatic heterocycles. The Kier molecular flexibility index (Phi) is 6.86. The minimum Gasteiger partial charge on any atom is -0.468 e.